The molecule has 0 aromatic heterocycles. The van der Waals surface area contributed by atoms with Gasteiger partial charge < -0.3 is 15.8 Å². The Hall–Kier alpha value is -1.11. The predicted octanol–water partition coefficient (Wildman–Crippen LogP) is 0.476. The van der Waals surface area contributed by atoms with Crippen molar-refractivity contribution >= 4 is 15.5 Å². The Balaban J connectivity index is 2.74. The van der Waals surface area contributed by atoms with E-state index >= 15 is 0 Å². The van der Waals surface area contributed by atoms with Gasteiger partial charge in [0.15, 0.2) is 9.84 Å². The van der Waals surface area contributed by atoms with Crippen molar-refractivity contribution < 1.29 is 13.2 Å². The van der Waals surface area contributed by atoms with Gasteiger partial charge in [-0.1, -0.05) is 0 Å². The van der Waals surface area contributed by atoms with Gasteiger partial charge in [0.1, 0.15) is 0 Å². The number of sulfone groups is 1. The van der Waals surface area contributed by atoms with Crippen LogP contribution in [0, 0.1) is 0 Å². The summed E-state index contributed by atoms with van der Waals surface area (Å²) in [5, 5.41) is 3.16. The molecule has 1 atom stereocenters. The van der Waals surface area contributed by atoms with Gasteiger partial charge in [0.25, 0.3) is 0 Å². The minimum atomic E-state index is -3.14. The van der Waals surface area contributed by atoms with Crippen LogP contribution in [0.4, 0.5) is 5.69 Å². The normalized spacial score (nSPS) is 13.4. The minimum absolute atomic E-state index is 0.0177. The summed E-state index contributed by atoms with van der Waals surface area (Å²) in [6.07, 6.45) is 1.18. The van der Waals surface area contributed by atoms with E-state index in [-0.39, 0.29) is 6.04 Å². The van der Waals surface area contributed by atoms with Crippen LogP contribution in [0.1, 0.15) is 0 Å². The first kappa shape index (κ1) is 14.0. The van der Waals surface area contributed by atoms with Gasteiger partial charge in [0.2, 0.25) is 0 Å². The molecule has 0 fully saturated rings. The first-order valence-corrected chi connectivity index (χ1v) is 7.12. The quantitative estimate of drug-likeness (QED) is 0.775. The molecule has 0 aliphatic heterocycles. The Morgan fingerprint density at radius 1 is 1.35 bits per heavy atom. The van der Waals surface area contributed by atoms with Gasteiger partial charge in [0, 0.05) is 25.6 Å². The SMILES string of the molecule is COCC(CN)Nc1ccc(S(C)(=O)=O)cc1. The summed E-state index contributed by atoms with van der Waals surface area (Å²) in [5.74, 6) is 0. The van der Waals surface area contributed by atoms with E-state index in [1.54, 1.807) is 31.4 Å². The summed E-state index contributed by atoms with van der Waals surface area (Å²) in [4.78, 5) is 0.305. The summed E-state index contributed by atoms with van der Waals surface area (Å²) in [6.45, 7) is 0.950. The topological polar surface area (TPSA) is 81.4 Å². The maximum atomic E-state index is 11.3. The van der Waals surface area contributed by atoms with Crippen LogP contribution in [0.2, 0.25) is 0 Å². The van der Waals surface area contributed by atoms with Crippen LogP contribution in [-0.4, -0.2) is 41.0 Å². The third-order valence-electron chi connectivity index (χ3n) is 2.31. The number of hydrogen-bond acceptors (Lipinski definition) is 5. The van der Waals surface area contributed by atoms with E-state index in [0.29, 0.717) is 18.0 Å². The van der Waals surface area contributed by atoms with Crippen LogP contribution >= 0.6 is 0 Å². The van der Waals surface area contributed by atoms with E-state index in [0.717, 1.165) is 5.69 Å². The molecule has 1 rings (SSSR count). The van der Waals surface area contributed by atoms with Crippen molar-refractivity contribution in [2.45, 2.75) is 10.9 Å². The Kier molecular flexibility index (Phi) is 4.92. The Morgan fingerprint density at radius 3 is 2.35 bits per heavy atom. The fraction of sp³-hybridized carbons (Fsp3) is 0.455. The molecule has 6 heteroatoms. The molecule has 0 spiro atoms. The second-order valence-electron chi connectivity index (χ2n) is 3.83. The van der Waals surface area contributed by atoms with Crippen LogP contribution in [0.5, 0.6) is 0 Å². The largest absolute Gasteiger partial charge is 0.383 e. The molecule has 17 heavy (non-hydrogen) atoms. The van der Waals surface area contributed by atoms with Crippen LogP contribution in [0.3, 0.4) is 0 Å². The van der Waals surface area contributed by atoms with E-state index < -0.39 is 9.84 Å². The van der Waals surface area contributed by atoms with Crippen LogP contribution in [-0.2, 0) is 14.6 Å². The highest BCUT2D eigenvalue weighted by molar-refractivity contribution is 7.90. The van der Waals surface area contributed by atoms with Crippen LogP contribution in [0.25, 0.3) is 0 Å². The molecule has 0 aliphatic rings. The highest BCUT2D eigenvalue weighted by Crippen LogP contribution is 2.14. The first-order valence-electron chi connectivity index (χ1n) is 5.23. The van der Waals surface area contributed by atoms with E-state index in [2.05, 4.69) is 5.32 Å². The fourth-order valence-electron chi connectivity index (χ4n) is 1.40. The standard InChI is InChI=1S/C11H18N2O3S/c1-16-8-10(7-12)13-9-3-5-11(6-4-9)17(2,14)15/h3-6,10,13H,7-8,12H2,1-2H3. The van der Waals surface area contributed by atoms with Gasteiger partial charge in [-0.3, -0.25) is 0 Å². The van der Waals surface area contributed by atoms with E-state index in [1.807, 2.05) is 0 Å². The molecule has 0 saturated heterocycles. The van der Waals surface area contributed by atoms with Crippen molar-refractivity contribution in [2.75, 3.05) is 31.8 Å². The maximum Gasteiger partial charge on any atom is 0.175 e. The zero-order valence-electron chi connectivity index (χ0n) is 10.0. The van der Waals surface area contributed by atoms with E-state index in [9.17, 15) is 8.42 Å². The van der Waals surface area contributed by atoms with Crippen molar-refractivity contribution in [3.63, 3.8) is 0 Å². The molecule has 3 N–H and O–H groups in total. The fourth-order valence-corrected chi connectivity index (χ4v) is 2.03. The number of methoxy groups -OCH3 is 1. The summed E-state index contributed by atoms with van der Waals surface area (Å²) >= 11 is 0. The molecule has 0 saturated carbocycles. The summed E-state index contributed by atoms with van der Waals surface area (Å²) in [6, 6.07) is 6.59. The molecule has 5 nitrogen and oxygen atoms in total. The van der Waals surface area contributed by atoms with Crippen molar-refractivity contribution in [1.82, 2.24) is 0 Å². The average Bonchev–Trinajstić information content (AvgIpc) is 2.28. The molecule has 0 radical (unpaired) electrons. The minimum Gasteiger partial charge on any atom is -0.383 e. The van der Waals surface area contributed by atoms with Crippen LogP contribution in [0.15, 0.2) is 29.2 Å². The number of rotatable bonds is 6. The predicted molar refractivity (Wildman–Crippen MR) is 67.9 cm³/mol. The van der Waals surface area contributed by atoms with Crippen molar-refractivity contribution in [3.8, 4) is 0 Å². The number of hydrogen-bond donors (Lipinski definition) is 2. The summed E-state index contributed by atoms with van der Waals surface area (Å²) < 4.78 is 27.5. The summed E-state index contributed by atoms with van der Waals surface area (Å²) in [7, 11) is -1.53. The van der Waals surface area contributed by atoms with Gasteiger partial charge in [0.05, 0.1) is 17.5 Å². The summed E-state index contributed by atoms with van der Waals surface area (Å²) in [5.41, 5.74) is 6.39. The van der Waals surface area contributed by atoms with Gasteiger partial charge in [-0.2, -0.15) is 0 Å². The van der Waals surface area contributed by atoms with Crippen molar-refractivity contribution in [1.29, 1.82) is 0 Å². The monoisotopic (exact) mass is 258 g/mol. The van der Waals surface area contributed by atoms with Gasteiger partial charge >= 0.3 is 0 Å². The lowest BCUT2D eigenvalue weighted by Crippen LogP contribution is -2.33. The molecule has 0 heterocycles. The molecule has 1 aromatic carbocycles. The second-order valence-corrected chi connectivity index (χ2v) is 5.84. The Bertz CT molecular complexity index is 442. The first-order chi connectivity index (χ1) is 7.97. The lowest BCUT2D eigenvalue weighted by atomic mass is 10.2. The molecular formula is C11H18N2O3S. The maximum absolute atomic E-state index is 11.3. The number of ether oxygens (including phenoxy) is 1. The third kappa shape index (κ3) is 4.33. The molecule has 1 unspecified atom stereocenters. The number of nitrogens with one attached hydrogen (secondary N) is 1. The number of benzene rings is 1. The zero-order chi connectivity index (χ0) is 12.9. The Morgan fingerprint density at radius 2 is 1.94 bits per heavy atom. The lowest BCUT2D eigenvalue weighted by Gasteiger charge is -2.17. The molecule has 96 valence electrons. The zero-order valence-corrected chi connectivity index (χ0v) is 10.8. The van der Waals surface area contributed by atoms with E-state index in [1.165, 1.54) is 6.26 Å². The highest BCUT2D eigenvalue weighted by atomic mass is 32.2. The smallest absolute Gasteiger partial charge is 0.175 e. The third-order valence-corrected chi connectivity index (χ3v) is 3.43. The van der Waals surface area contributed by atoms with Gasteiger partial charge in [-0.15, -0.1) is 0 Å². The molecule has 0 aliphatic carbocycles. The van der Waals surface area contributed by atoms with Crippen LogP contribution < -0.4 is 11.1 Å². The van der Waals surface area contributed by atoms with Crippen molar-refractivity contribution in [3.05, 3.63) is 24.3 Å². The molecule has 0 amide bonds. The molecule has 0 bridgehead atoms. The van der Waals surface area contributed by atoms with E-state index in [4.69, 9.17) is 10.5 Å². The Labute approximate surface area is 102 Å². The number of nitrogens with two attached hydrogens (primary N) is 1. The van der Waals surface area contributed by atoms with Crippen molar-refractivity contribution in [2.24, 2.45) is 5.73 Å². The second kappa shape index (κ2) is 6.00. The molecular weight excluding hydrogens is 240 g/mol. The average molecular weight is 258 g/mol. The van der Waals surface area contributed by atoms with Gasteiger partial charge in [-0.25, -0.2) is 8.42 Å². The molecule has 1 aromatic rings. The lowest BCUT2D eigenvalue weighted by molar-refractivity contribution is 0.187. The highest BCUT2D eigenvalue weighted by Gasteiger charge is 2.08. The number of anilines is 1. The van der Waals surface area contributed by atoms with Gasteiger partial charge in [-0.05, 0) is 24.3 Å².